The zero-order valence-corrected chi connectivity index (χ0v) is 23.7. The first kappa shape index (κ1) is 26.5. The molecule has 204 valence electrons. The molecule has 0 radical (unpaired) electrons. The summed E-state index contributed by atoms with van der Waals surface area (Å²) in [6.45, 7) is 0.736. The van der Waals surface area contributed by atoms with Gasteiger partial charge in [0, 0.05) is 46.1 Å². The molecule has 8 nitrogen and oxygen atoms in total. The lowest BCUT2D eigenvalue weighted by Gasteiger charge is -2.13. The van der Waals surface area contributed by atoms with Gasteiger partial charge in [0.2, 0.25) is 5.91 Å². The van der Waals surface area contributed by atoms with E-state index in [-0.39, 0.29) is 11.7 Å². The van der Waals surface area contributed by atoms with Gasteiger partial charge < -0.3 is 9.88 Å². The van der Waals surface area contributed by atoms with Crippen LogP contribution in [0.25, 0.3) is 27.5 Å². The van der Waals surface area contributed by atoms with Crippen LogP contribution < -0.4 is 16.2 Å². The minimum Gasteiger partial charge on any atom is -0.340 e. The normalized spacial score (nSPS) is 11.0. The average Bonchev–Trinajstić information content (AvgIpc) is 3.57. The number of amides is 1. The second-order valence-corrected chi connectivity index (χ2v) is 10.6. The van der Waals surface area contributed by atoms with Crippen molar-refractivity contribution in [3.05, 3.63) is 115 Å². The number of nitrogens with one attached hydrogen (secondary N) is 3. The van der Waals surface area contributed by atoms with E-state index in [1.54, 1.807) is 0 Å². The molecule has 0 unspecified atom stereocenters. The summed E-state index contributed by atoms with van der Waals surface area (Å²) in [5.41, 5.74) is 9.55. The monoisotopic (exact) mass is 577 g/mol. The molecule has 0 spiro atoms. The van der Waals surface area contributed by atoms with Gasteiger partial charge in [0.05, 0.1) is 5.75 Å². The number of anilines is 1. The first-order valence-electron chi connectivity index (χ1n) is 13.2. The fourth-order valence-electron chi connectivity index (χ4n) is 4.82. The summed E-state index contributed by atoms with van der Waals surface area (Å²) < 4.78 is 4.37. The van der Waals surface area contributed by atoms with Crippen LogP contribution in [-0.2, 0) is 17.8 Å². The van der Waals surface area contributed by atoms with Crippen molar-refractivity contribution in [3.63, 3.8) is 0 Å². The van der Waals surface area contributed by atoms with Crippen molar-refractivity contribution in [2.24, 2.45) is 0 Å². The lowest BCUT2D eigenvalue weighted by Crippen LogP contribution is -2.44. The number of hydrogen-bond acceptors (Lipinski definition) is 5. The van der Waals surface area contributed by atoms with E-state index in [2.05, 4.69) is 79.5 Å². The highest BCUT2D eigenvalue weighted by Gasteiger charge is 2.17. The first-order valence-corrected chi connectivity index (χ1v) is 14.6. The quantitative estimate of drug-likeness (QED) is 0.121. The molecule has 1 amide bonds. The number of carbonyl (C=O) groups excluding carboxylic acids is 1. The predicted molar refractivity (Wildman–Crippen MR) is 169 cm³/mol. The highest BCUT2D eigenvalue weighted by Crippen LogP contribution is 2.29. The van der Waals surface area contributed by atoms with Crippen molar-refractivity contribution in [3.8, 4) is 5.69 Å². The summed E-state index contributed by atoms with van der Waals surface area (Å²) in [6.07, 6.45) is 0.665. The van der Waals surface area contributed by atoms with Crippen molar-refractivity contribution in [2.75, 3.05) is 11.1 Å². The van der Waals surface area contributed by atoms with E-state index in [9.17, 15) is 4.79 Å². The number of carbonyl (C=O) groups is 1. The zero-order valence-electron chi connectivity index (χ0n) is 22.0. The third-order valence-corrected chi connectivity index (χ3v) is 7.77. The first-order chi connectivity index (χ1) is 20.2. The van der Waals surface area contributed by atoms with E-state index >= 15 is 0 Å². The Labute approximate surface area is 246 Å². The van der Waals surface area contributed by atoms with Gasteiger partial charge in [-0.15, -0.1) is 10.2 Å². The van der Waals surface area contributed by atoms with Gasteiger partial charge in [0.1, 0.15) is 5.82 Å². The number of benzene rings is 4. The number of nitrogens with zero attached hydrogens (tertiary/aromatic N) is 4. The SMILES string of the molecule is O=C(CSc1nnc(CCn2c3ccccc3c3ccccc32)n1-c1ccccc1)NNC(=S)Nc1ccccc1. The fraction of sp³-hybridized carbons (Fsp3) is 0.0968. The van der Waals surface area contributed by atoms with Gasteiger partial charge in [-0.2, -0.15) is 0 Å². The summed E-state index contributed by atoms with van der Waals surface area (Å²) in [5, 5.41) is 15.5. The molecule has 6 aromatic rings. The van der Waals surface area contributed by atoms with Crippen molar-refractivity contribution in [1.82, 2.24) is 30.2 Å². The summed E-state index contributed by atoms with van der Waals surface area (Å²) in [4.78, 5) is 12.6. The minimum absolute atomic E-state index is 0.138. The highest BCUT2D eigenvalue weighted by molar-refractivity contribution is 7.99. The molecule has 3 N–H and O–H groups in total. The molecular formula is C31H27N7OS2. The summed E-state index contributed by atoms with van der Waals surface area (Å²) in [7, 11) is 0. The standard InChI is InChI=1S/C31H27N7OS2/c39-29(34-35-30(40)32-22-11-3-1-4-12-22)21-41-31-36-33-28(38(31)23-13-5-2-6-14-23)19-20-37-26-17-9-7-15-24(26)25-16-8-10-18-27(25)37/h1-18H,19-21H2,(H,34,39)(H2,32,35,40). The second-order valence-electron chi connectivity index (χ2n) is 9.29. The lowest BCUT2D eigenvalue weighted by atomic mass is 10.2. The van der Waals surface area contributed by atoms with Crippen LogP contribution >= 0.6 is 24.0 Å². The average molecular weight is 578 g/mol. The van der Waals surface area contributed by atoms with Crippen LogP contribution in [0.1, 0.15) is 5.82 Å². The molecule has 0 bridgehead atoms. The molecule has 41 heavy (non-hydrogen) atoms. The maximum atomic E-state index is 12.6. The van der Waals surface area contributed by atoms with Crippen molar-refractivity contribution in [1.29, 1.82) is 0 Å². The number of hydrogen-bond donors (Lipinski definition) is 3. The van der Waals surface area contributed by atoms with E-state index < -0.39 is 0 Å². The lowest BCUT2D eigenvalue weighted by molar-refractivity contribution is -0.119. The number of fused-ring (bicyclic) bond motifs is 3. The highest BCUT2D eigenvalue weighted by atomic mass is 32.2. The second kappa shape index (κ2) is 12.2. The third kappa shape index (κ3) is 5.93. The largest absolute Gasteiger partial charge is 0.340 e. The smallest absolute Gasteiger partial charge is 0.248 e. The van der Waals surface area contributed by atoms with Crippen LogP contribution in [0.5, 0.6) is 0 Å². The summed E-state index contributed by atoms with van der Waals surface area (Å²) >= 11 is 6.59. The molecule has 6 rings (SSSR count). The minimum atomic E-state index is -0.235. The molecule has 2 heterocycles. The van der Waals surface area contributed by atoms with Crippen LogP contribution in [-0.4, -0.2) is 36.1 Å². The maximum absolute atomic E-state index is 12.6. The van der Waals surface area contributed by atoms with Crippen LogP contribution in [0.3, 0.4) is 0 Å². The summed E-state index contributed by atoms with van der Waals surface area (Å²) in [6, 6.07) is 36.4. The van der Waals surface area contributed by atoms with E-state index in [0.29, 0.717) is 16.7 Å². The molecule has 2 aromatic heterocycles. The van der Waals surface area contributed by atoms with E-state index in [0.717, 1.165) is 23.7 Å². The number of aromatic nitrogens is 4. The van der Waals surface area contributed by atoms with Crippen LogP contribution in [0.4, 0.5) is 5.69 Å². The van der Waals surface area contributed by atoms with E-state index in [1.807, 2.05) is 65.2 Å². The van der Waals surface area contributed by atoms with Crippen LogP contribution in [0, 0.1) is 0 Å². The molecule has 0 aliphatic heterocycles. The van der Waals surface area contributed by atoms with Gasteiger partial charge >= 0.3 is 0 Å². The van der Waals surface area contributed by atoms with Gasteiger partial charge in [-0.05, 0) is 48.6 Å². The Kier molecular flexibility index (Phi) is 7.92. The Hall–Kier alpha value is -4.67. The molecule has 0 aliphatic carbocycles. The zero-order chi connectivity index (χ0) is 28.0. The van der Waals surface area contributed by atoms with Gasteiger partial charge in [-0.25, -0.2) is 0 Å². The Morgan fingerprint density at radius 1 is 0.756 bits per heavy atom. The number of hydrazine groups is 1. The molecule has 0 aliphatic rings. The molecule has 4 aromatic carbocycles. The van der Waals surface area contributed by atoms with Gasteiger partial charge in [0.25, 0.3) is 0 Å². The van der Waals surface area contributed by atoms with Gasteiger partial charge in [-0.3, -0.25) is 20.2 Å². The fourth-order valence-corrected chi connectivity index (χ4v) is 5.76. The number of para-hydroxylation sites is 4. The maximum Gasteiger partial charge on any atom is 0.248 e. The molecule has 0 fully saturated rings. The molecular weight excluding hydrogens is 551 g/mol. The Morgan fingerprint density at radius 2 is 1.37 bits per heavy atom. The molecule has 0 saturated carbocycles. The van der Waals surface area contributed by atoms with Gasteiger partial charge in [0.15, 0.2) is 10.3 Å². The van der Waals surface area contributed by atoms with E-state index in [1.165, 1.54) is 33.6 Å². The van der Waals surface area contributed by atoms with Crippen LogP contribution in [0.15, 0.2) is 114 Å². The number of thiocarbonyl (C=S) groups is 1. The summed E-state index contributed by atoms with van der Waals surface area (Å²) in [5.74, 6) is 0.729. The Balaban J connectivity index is 1.17. The predicted octanol–water partition coefficient (Wildman–Crippen LogP) is 5.73. The van der Waals surface area contributed by atoms with Crippen LogP contribution in [0.2, 0.25) is 0 Å². The number of aryl methyl sites for hydroxylation is 2. The van der Waals surface area contributed by atoms with Gasteiger partial charge in [-0.1, -0.05) is 84.6 Å². The topological polar surface area (TPSA) is 88.8 Å². The molecule has 10 heteroatoms. The number of rotatable bonds is 8. The Morgan fingerprint density at radius 3 is 2.05 bits per heavy atom. The number of thioether (sulfide) groups is 1. The van der Waals surface area contributed by atoms with Crippen molar-refractivity contribution < 1.29 is 4.79 Å². The molecule has 0 atom stereocenters. The van der Waals surface area contributed by atoms with Crippen molar-refractivity contribution >= 4 is 62.5 Å². The van der Waals surface area contributed by atoms with Crippen molar-refractivity contribution in [2.45, 2.75) is 18.1 Å². The van der Waals surface area contributed by atoms with E-state index in [4.69, 9.17) is 12.2 Å². The Bertz CT molecular complexity index is 1760. The molecule has 0 saturated heterocycles. The third-order valence-electron chi connectivity index (χ3n) is 6.63.